The Kier molecular flexibility index (Phi) is 8.09. The molecule has 5 atom stereocenters. The summed E-state index contributed by atoms with van der Waals surface area (Å²) in [5, 5.41) is 50.1. The number of nitrogens with zero attached hydrogens (tertiary/aromatic N) is 3. The Morgan fingerprint density at radius 1 is 1.15 bits per heavy atom. The number of amidine groups is 1. The van der Waals surface area contributed by atoms with Gasteiger partial charge in [0.25, 0.3) is 5.91 Å². The second-order valence-corrected chi connectivity index (χ2v) is 13.8. The summed E-state index contributed by atoms with van der Waals surface area (Å²) < 4.78 is 13.4. The fourth-order valence-corrected chi connectivity index (χ4v) is 8.36. The lowest BCUT2D eigenvalue weighted by atomic mass is 9.57. The van der Waals surface area contributed by atoms with Crippen molar-refractivity contribution in [2.24, 2.45) is 22.6 Å². The van der Waals surface area contributed by atoms with Crippen molar-refractivity contribution in [1.82, 2.24) is 10.2 Å². The van der Waals surface area contributed by atoms with Crippen molar-refractivity contribution in [2.45, 2.75) is 37.1 Å². The number of fused-ring (bicyclic) bond motifs is 3. The third-order valence-corrected chi connectivity index (χ3v) is 10.6. The Morgan fingerprint density at radius 3 is 2.45 bits per heavy atom. The number of hydrogen-bond donors (Lipinski definition) is 6. The normalized spacial score (nSPS) is 27.9. The summed E-state index contributed by atoms with van der Waals surface area (Å²) in [5.41, 5.74) is 4.16. The number of ketones is 2. The van der Waals surface area contributed by atoms with Crippen LogP contribution < -0.4 is 16.0 Å². The Bertz CT molecular complexity index is 1800. The Balaban J connectivity index is 1.40. The molecule has 47 heavy (non-hydrogen) atoms. The number of aliphatic imine (C=N–C) groups is 1. The number of aliphatic hydroxyl groups is 3. The molecule has 7 N–H and O–H groups in total. The average molecular weight is 666 g/mol. The molecule has 2 aromatic rings. The van der Waals surface area contributed by atoms with Crippen LogP contribution in [0.1, 0.15) is 34.7 Å². The van der Waals surface area contributed by atoms with E-state index in [4.69, 9.17) is 5.73 Å². The number of phenols is 1. The molecule has 14 heteroatoms. The van der Waals surface area contributed by atoms with Gasteiger partial charge in [-0.25, -0.2) is 4.39 Å². The van der Waals surface area contributed by atoms with E-state index in [1.54, 1.807) is 46.4 Å². The van der Waals surface area contributed by atoms with E-state index in [2.05, 4.69) is 10.3 Å². The number of carbonyl (C=O) groups is 3. The van der Waals surface area contributed by atoms with Crippen LogP contribution >= 0.6 is 11.8 Å². The molecule has 1 heterocycles. The van der Waals surface area contributed by atoms with Crippen molar-refractivity contribution in [3.63, 3.8) is 0 Å². The molecule has 2 unspecified atom stereocenters. The summed E-state index contributed by atoms with van der Waals surface area (Å²) in [6, 6.07) is 6.76. The van der Waals surface area contributed by atoms with Gasteiger partial charge in [0.1, 0.15) is 28.7 Å². The number of primary amides is 1. The number of nitrogens with two attached hydrogens (primary N) is 1. The number of benzene rings is 2. The number of anilines is 1. The number of Topliss-reactive ketones (excluding diaryl/α,β-unsaturated/α-hetero) is 2. The van der Waals surface area contributed by atoms with Crippen LogP contribution in [0.3, 0.4) is 0 Å². The van der Waals surface area contributed by atoms with Gasteiger partial charge in [-0.05, 0) is 62.2 Å². The molecule has 2 fully saturated rings. The molecule has 0 radical (unpaired) electrons. The molecule has 0 spiro atoms. The number of likely N-dealkylation sites (N-methyl/N-ethyl adjacent to an activating group) is 1. The van der Waals surface area contributed by atoms with E-state index < -0.39 is 58.0 Å². The highest BCUT2D eigenvalue weighted by atomic mass is 32.2. The van der Waals surface area contributed by atoms with Gasteiger partial charge in [-0.1, -0.05) is 23.9 Å². The Labute approximate surface area is 274 Å². The van der Waals surface area contributed by atoms with E-state index >= 15 is 0 Å². The number of aromatic hydroxyl groups is 1. The zero-order valence-electron chi connectivity index (χ0n) is 26.2. The van der Waals surface area contributed by atoms with Crippen molar-refractivity contribution in [2.75, 3.05) is 38.8 Å². The summed E-state index contributed by atoms with van der Waals surface area (Å²) in [5.74, 6) is -6.60. The smallest absolute Gasteiger partial charge is 0.255 e. The summed E-state index contributed by atoms with van der Waals surface area (Å²) in [7, 11) is 6.73. The average Bonchev–Trinajstić information content (AvgIpc) is 3.47. The van der Waals surface area contributed by atoms with Gasteiger partial charge in [-0.3, -0.25) is 24.3 Å². The van der Waals surface area contributed by atoms with Gasteiger partial charge in [0, 0.05) is 42.6 Å². The Hall–Kier alpha value is -4.40. The number of carbonyl (C=O) groups excluding carboxylic acids is 3. The standard InChI is InChI=1S/C33H36FN5O7S/c1-38(2)21-11-16(12-36-32-37-20(13-47-32)14-5-7-17(34)8-6-14)26(40)23-18(21)9-15-10-19-25(39(3)4)28(42)24(31(35)45)30(44)33(19,46)29(43)22(15)27(23)41/h5-8,11,15,19-20,25,40-41,44,46H,9-10,12-13H2,1-4H3,(H2,35,45)(H,36,37)/t15-,19-,20?,25?,33-/m0/s1. The number of amides is 1. The van der Waals surface area contributed by atoms with Gasteiger partial charge in [0.2, 0.25) is 5.78 Å². The van der Waals surface area contributed by atoms with E-state index in [1.165, 1.54) is 28.8 Å². The fraction of sp³-hybridized carbons (Fsp3) is 0.394. The molecule has 1 amide bonds. The molecule has 1 aliphatic heterocycles. The number of hydrogen-bond acceptors (Lipinski definition) is 11. The zero-order chi connectivity index (χ0) is 34.1. The molecule has 2 aromatic carbocycles. The maximum absolute atomic E-state index is 14.2. The number of rotatable bonds is 6. The second-order valence-electron chi connectivity index (χ2n) is 12.8. The van der Waals surface area contributed by atoms with Crippen LogP contribution in [0.5, 0.6) is 5.75 Å². The third-order valence-electron chi connectivity index (χ3n) is 9.61. The van der Waals surface area contributed by atoms with Crippen LogP contribution in [0, 0.1) is 17.7 Å². The fourth-order valence-electron chi connectivity index (χ4n) is 7.38. The van der Waals surface area contributed by atoms with Gasteiger partial charge in [0.05, 0.1) is 24.2 Å². The first-order valence-corrected chi connectivity index (χ1v) is 16.0. The van der Waals surface area contributed by atoms with E-state index in [-0.39, 0.29) is 48.1 Å². The van der Waals surface area contributed by atoms with Crippen LogP contribution in [0.2, 0.25) is 0 Å². The first-order chi connectivity index (χ1) is 22.2. The maximum atomic E-state index is 14.2. The molecule has 1 saturated carbocycles. The monoisotopic (exact) mass is 665 g/mol. The minimum Gasteiger partial charge on any atom is -0.508 e. The van der Waals surface area contributed by atoms with Crippen molar-refractivity contribution in [1.29, 1.82) is 0 Å². The quantitative estimate of drug-likeness (QED) is 0.248. The van der Waals surface area contributed by atoms with E-state index in [0.29, 0.717) is 27.7 Å². The molecular weight excluding hydrogens is 629 g/mol. The van der Waals surface area contributed by atoms with Crippen molar-refractivity contribution in [3.8, 4) is 5.75 Å². The predicted octanol–water partition coefficient (Wildman–Crippen LogP) is 2.10. The Morgan fingerprint density at radius 2 is 1.83 bits per heavy atom. The van der Waals surface area contributed by atoms with E-state index in [1.807, 2.05) is 4.90 Å². The highest BCUT2D eigenvalue weighted by Gasteiger charge is 2.64. The molecular formula is C33H36FN5O7S. The van der Waals surface area contributed by atoms with Crippen LogP contribution in [0.4, 0.5) is 10.1 Å². The van der Waals surface area contributed by atoms with Gasteiger partial charge in [0.15, 0.2) is 16.6 Å². The lowest BCUT2D eigenvalue weighted by Gasteiger charge is -2.50. The third kappa shape index (κ3) is 5.06. The lowest BCUT2D eigenvalue weighted by Crippen LogP contribution is -2.65. The summed E-state index contributed by atoms with van der Waals surface area (Å²) in [4.78, 5) is 47.7. The number of halogens is 1. The maximum Gasteiger partial charge on any atom is 0.255 e. The largest absolute Gasteiger partial charge is 0.508 e. The van der Waals surface area contributed by atoms with Gasteiger partial charge in [-0.2, -0.15) is 0 Å². The molecule has 1 saturated heterocycles. The molecule has 12 nitrogen and oxygen atoms in total. The van der Waals surface area contributed by atoms with Crippen LogP contribution in [0.15, 0.2) is 52.2 Å². The van der Waals surface area contributed by atoms with E-state index in [9.17, 15) is 39.2 Å². The van der Waals surface area contributed by atoms with Crippen molar-refractivity contribution < 1.29 is 39.2 Å². The molecule has 248 valence electrons. The number of nitrogens with one attached hydrogen (secondary N) is 1. The number of thioether (sulfide) groups is 1. The van der Waals surface area contributed by atoms with Crippen molar-refractivity contribution in [3.05, 3.63) is 75.3 Å². The number of phenolic OH excluding ortho intramolecular Hbond substituents is 1. The summed E-state index contributed by atoms with van der Waals surface area (Å²) in [6.45, 7) is 0.0234. The molecule has 0 bridgehead atoms. The molecule has 6 rings (SSSR count). The summed E-state index contributed by atoms with van der Waals surface area (Å²) >= 11 is 1.48. The van der Waals surface area contributed by atoms with Gasteiger partial charge in [-0.15, -0.1) is 0 Å². The topological polar surface area (TPSA) is 189 Å². The first-order valence-electron chi connectivity index (χ1n) is 15.1. The number of aliphatic hydroxyl groups excluding tert-OH is 2. The molecule has 4 aliphatic rings. The lowest BCUT2D eigenvalue weighted by molar-refractivity contribution is -0.153. The van der Waals surface area contributed by atoms with E-state index in [0.717, 1.165) is 5.56 Å². The van der Waals surface area contributed by atoms with Crippen LogP contribution in [-0.2, 0) is 27.3 Å². The highest BCUT2D eigenvalue weighted by molar-refractivity contribution is 8.14. The van der Waals surface area contributed by atoms with Gasteiger partial charge >= 0.3 is 0 Å². The van der Waals surface area contributed by atoms with Gasteiger partial charge < -0.3 is 36.4 Å². The SMILES string of the molecule is CN(C)c1cc(CN=C2NC(c3ccc(F)cc3)CS2)c(O)c2c1C[C@H]1C[C@H]3C(N(C)C)C(=O)C(C(N)=O)=C(O)[C@@]3(O)C(=O)C1=C2O. The molecule has 0 aromatic heterocycles. The molecule has 3 aliphatic carbocycles. The summed E-state index contributed by atoms with van der Waals surface area (Å²) in [6.07, 6.45) is 0.189. The van der Waals surface area contributed by atoms with Crippen molar-refractivity contribution >= 4 is 45.8 Å². The minimum atomic E-state index is -2.71. The predicted molar refractivity (Wildman–Crippen MR) is 174 cm³/mol. The minimum absolute atomic E-state index is 0.00686. The second kappa shape index (κ2) is 11.7. The zero-order valence-corrected chi connectivity index (χ0v) is 27.1. The highest BCUT2D eigenvalue weighted by Crippen LogP contribution is 2.54. The first kappa shape index (κ1) is 32.5. The van der Waals surface area contributed by atoms with Crippen LogP contribution in [-0.4, -0.2) is 93.6 Å². The van der Waals surface area contributed by atoms with Crippen LogP contribution in [0.25, 0.3) is 5.76 Å².